The molecule has 0 aliphatic heterocycles. The van der Waals surface area contributed by atoms with E-state index in [-0.39, 0.29) is 46.4 Å². The van der Waals surface area contributed by atoms with E-state index >= 15 is 4.39 Å². The summed E-state index contributed by atoms with van der Waals surface area (Å²) >= 11 is 0. The molecule has 1 unspecified atom stereocenters. The Morgan fingerprint density at radius 1 is 1.09 bits per heavy atom. The molecule has 3 aromatic carbocycles. The maximum absolute atomic E-state index is 16.0. The Kier molecular flexibility index (Phi) is 9.86. The zero-order chi connectivity index (χ0) is 33.1. The Bertz CT molecular complexity index is 1720. The Hall–Kier alpha value is -4.45. The number of alkyl halides is 6. The van der Waals surface area contributed by atoms with Crippen LogP contribution in [0.25, 0.3) is 22.5 Å². The van der Waals surface area contributed by atoms with Crippen LogP contribution in [0.2, 0.25) is 0 Å². The predicted molar refractivity (Wildman–Crippen MR) is 152 cm³/mol. The molecule has 4 rings (SSSR count). The molecule has 0 amide bonds. The normalized spacial score (nSPS) is 13.2. The highest BCUT2D eigenvalue weighted by Gasteiger charge is 2.35. The topological polar surface area (TPSA) is 132 Å². The van der Waals surface area contributed by atoms with Crippen LogP contribution in [-0.4, -0.2) is 38.4 Å². The zero-order valence-corrected chi connectivity index (χ0v) is 24.0. The quantitative estimate of drug-likeness (QED) is 0.105. The number of benzene rings is 3. The van der Waals surface area contributed by atoms with Crippen molar-refractivity contribution in [2.75, 3.05) is 18.2 Å². The summed E-state index contributed by atoms with van der Waals surface area (Å²) in [5.41, 5.74) is 4.48. The SMILES string of the molecule is Cc1nc(C(F)(F)F)cn1-c1c(F)cc(-c2cccc(S(=O)NCCO)c2)cc1N(N)/C(=C\N)c1ccc(OC(F)(F)F)cc1. The molecule has 4 aromatic rings. The smallest absolute Gasteiger partial charge is 0.406 e. The van der Waals surface area contributed by atoms with Gasteiger partial charge in [0.2, 0.25) is 0 Å². The van der Waals surface area contributed by atoms with Gasteiger partial charge >= 0.3 is 12.5 Å². The first kappa shape index (κ1) is 33.4. The van der Waals surface area contributed by atoms with Crippen molar-refractivity contribution < 1.29 is 44.8 Å². The highest BCUT2D eigenvalue weighted by Crippen LogP contribution is 2.38. The van der Waals surface area contributed by atoms with Gasteiger partial charge in [-0.15, -0.1) is 13.2 Å². The van der Waals surface area contributed by atoms with Gasteiger partial charge in [0.25, 0.3) is 0 Å². The summed E-state index contributed by atoms with van der Waals surface area (Å²) in [6, 6.07) is 12.9. The van der Waals surface area contributed by atoms with Crippen LogP contribution in [0.3, 0.4) is 0 Å². The molecule has 0 aliphatic rings. The van der Waals surface area contributed by atoms with Crippen LogP contribution >= 0.6 is 0 Å². The highest BCUT2D eigenvalue weighted by molar-refractivity contribution is 7.83. The Morgan fingerprint density at radius 2 is 1.78 bits per heavy atom. The number of hydrazine groups is 1. The lowest BCUT2D eigenvalue weighted by atomic mass is 10.0. The van der Waals surface area contributed by atoms with E-state index in [9.17, 15) is 30.6 Å². The van der Waals surface area contributed by atoms with Gasteiger partial charge in [-0.3, -0.25) is 9.58 Å². The van der Waals surface area contributed by atoms with Crippen molar-refractivity contribution in [2.45, 2.75) is 24.4 Å². The van der Waals surface area contributed by atoms with Gasteiger partial charge in [0.15, 0.2) is 5.69 Å². The minimum Gasteiger partial charge on any atom is -0.406 e. The molecule has 0 radical (unpaired) electrons. The molecule has 0 fully saturated rings. The molecular weight excluding hydrogens is 633 g/mol. The molecule has 9 nitrogen and oxygen atoms in total. The van der Waals surface area contributed by atoms with Crippen LogP contribution in [0.1, 0.15) is 17.1 Å². The third kappa shape index (κ3) is 7.80. The fourth-order valence-electron chi connectivity index (χ4n) is 4.29. The third-order valence-electron chi connectivity index (χ3n) is 6.24. The van der Waals surface area contributed by atoms with Crippen molar-refractivity contribution in [1.82, 2.24) is 14.3 Å². The summed E-state index contributed by atoms with van der Waals surface area (Å²) in [6.45, 7) is 0.991. The Labute approximate surface area is 254 Å². The third-order valence-corrected chi connectivity index (χ3v) is 7.39. The van der Waals surface area contributed by atoms with E-state index in [0.29, 0.717) is 11.8 Å². The van der Waals surface area contributed by atoms with E-state index in [1.54, 1.807) is 12.1 Å². The van der Waals surface area contributed by atoms with Gasteiger partial charge in [0.05, 0.1) is 22.9 Å². The molecule has 17 heteroatoms. The number of ether oxygens (including phenoxy) is 1. The number of nitrogens with one attached hydrogen (secondary N) is 1. The number of hydrogen-bond donors (Lipinski definition) is 4. The number of halogens is 7. The lowest BCUT2D eigenvalue weighted by molar-refractivity contribution is -0.274. The predicted octanol–water partition coefficient (Wildman–Crippen LogP) is 5.15. The van der Waals surface area contributed by atoms with Crippen LogP contribution in [0.15, 0.2) is 78.0 Å². The molecule has 0 saturated heterocycles. The first-order valence-electron chi connectivity index (χ1n) is 12.8. The molecule has 1 atom stereocenters. The van der Waals surface area contributed by atoms with E-state index in [4.69, 9.17) is 16.7 Å². The molecule has 0 spiro atoms. The highest BCUT2D eigenvalue weighted by atomic mass is 32.2. The molecule has 0 aliphatic carbocycles. The molecule has 6 N–H and O–H groups in total. The van der Waals surface area contributed by atoms with Crippen molar-refractivity contribution >= 4 is 22.4 Å². The number of nitrogens with two attached hydrogens (primary N) is 2. The van der Waals surface area contributed by atoms with Crippen molar-refractivity contribution in [3.63, 3.8) is 0 Å². The minimum absolute atomic E-state index is 0.0358. The second kappa shape index (κ2) is 13.3. The monoisotopic (exact) mass is 658 g/mol. The number of nitrogens with zero attached hydrogens (tertiary/aromatic N) is 3. The standard InChI is InChI=1S/C28H25F7N6O3S/c1-16-39-25(27(30,31)32)15-40(16)26-22(29)12-19(18-3-2-4-21(11-18)45(43)38-9-10-42)13-23(26)41(37)24(14-36)17-5-7-20(8-6-17)44-28(33,34)35/h2-8,11-15,38,42H,9-10,36-37H2,1H3/b24-14-. The first-order chi connectivity index (χ1) is 21.1. The number of rotatable bonds is 10. The van der Waals surface area contributed by atoms with Gasteiger partial charge in [0, 0.05) is 24.5 Å². The maximum Gasteiger partial charge on any atom is 0.573 e. The van der Waals surface area contributed by atoms with Gasteiger partial charge in [-0.1, -0.05) is 12.1 Å². The van der Waals surface area contributed by atoms with Crippen molar-refractivity contribution in [3.8, 4) is 22.6 Å². The number of aliphatic hydroxyl groups excluding tert-OH is 1. The van der Waals surface area contributed by atoms with Crippen LogP contribution in [0.4, 0.5) is 36.4 Å². The molecule has 0 saturated carbocycles. The second-order valence-corrected chi connectivity index (χ2v) is 10.6. The molecule has 1 aromatic heterocycles. The van der Waals surface area contributed by atoms with Crippen LogP contribution in [0.5, 0.6) is 5.75 Å². The Morgan fingerprint density at radius 3 is 2.36 bits per heavy atom. The van der Waals surface area contributed by atoms with E-state index in [1.807, 2.05) is 0 Å². The van der Waals surface area contributed by atoms with Gasteiger partial charge in [-0.05, 0) is 66.6 Å². The molecule has 240 valence electrons. The molecule has 45 heavy (non-hydrogen) atoms. The summed E-state index contributed by atoms with van der Waals surface area (Å²) in [5, 5.41) is 9.87. The summed E-state index contributed by atoms with van der Waals surface area (Å²) in [6.07, 6.45) is -8.22. The van der Waals surface area contributed by atoms with E-state index < -0.39 is 46.5 Å². The number of hydrogen-bond acceptors (Lipinski definition) is 7. The number of imidazole rings is 1. The molecular formula is C28H25F7N6O3S. The lowest BCUT2D eigenvalue weighted by Gasteiger charge is -2.26. The lowest BCUT2D eigenvalue weighted by Crippen LogP contribution is -2.31. The first-order valence-corrected chi connectivity index (χ1v) is 13.9. The average Bonchev–Trinajstić information content (AvgIpc) is 3.37. The van der Waals surface area contributed by atoms with E-state index in [0.717, 1.165) is 34.0 Å². The van der Waals surface area contributed by atoms with Gasteiger partial charge < -0.3 is 15.6 Å². The van der Waals surface area contributed by atoms with Gasteiger partial charge in [-0.2, -0.15) is 13.2 Å². The van der Waals surface area contributed by atoms with E-state index in [2.05, 4.69) is 14.4 Å². The van der Waals surface area contributed by atoms with Crippen molar-refractivity contribution in [2.24, 2.45) is 11.6 Å². The van der Waals surface area contributed by atoms with Crippen molar-refractivity contribution in [3.05, 3.63) is 96.0 Å². The maximum atomic E-state index is 16.0. The van der Waals surface area contributed by atoms with Crippen LogP contribution in [-0.2, 0) is 17.2 Å². The summed E-state index contributed by atoms with van der Waals surface area (Å²) in [7, 11) is -1.74. The van der Waals surface area contributed by atoms with Gasteiger partial charge in [0.1, 0.15) is 34.1 Å². The van der Waals surface area contributed by atoms with Gasteiger partial charge in [-0.25, -0.2) is 24.1 Å². The summed E-state index contributed by atoms with van der Waals surface area (Å²) in [4.78, 5) is 3.78. The number of anilines is 1. The average molecular weight is 659 g/mol. The van der Waals surface area contributed by atoms with Crippen LogP contribution in [0, 0.1) is 12.7 Å². The largest absolute Gasteiger partial charge is 0.573 e. The fourth-order valence-corrected chi connectivity index (χ4v) is 5.17. The van der Waals surface area contributed by atoms with E-state index in [1.165, 1.54) is 37.3 Å². The minimum atomic E-state index is -4.95. The molecule has 1 heterocycles. The molecule has 0 bridgehead atoms. The number of aryl methyl sites for hydroxylation is 1. The Balaban J connectivity index is 1.87. The summed E-state index contributed by atoms with van der Waals surface area (Å²) in [5.74, 6) is 4.62. The van der Waals surface area contributed by atoms with Crippen LogP contribution < -0.4 is 26.0 Å². The number of aliphatic hydroxyl groups is 1. The summed E-state index contributed by atoms with van der Waals surface area (Å²) < 4.78 is 114. The zero-order valence-electron chi connectivity index (χ0n) is 23.2. The number of aromatic nitrogens is 2. The fraction of sp³-hybridized carbons (Fsp3) is 0.179. The second-order valence-electron chi connectivity index (χ2n) is 9.28. The van der Waals surface area contributed by atoms with Crippen molar-refractivity contribution in [1.29, 1.82) is 0 Å².